The largest absolute Gasteiger partial charge is 0.459 e. The number of halogens is 4. The van der Waals surface area contributed by atoms with Gasteiger partial charge in [0.15, 0.2) is 28.8 Å². The normalized spacial score (nSPS) is 32.0. The number of rotatable bonds is 8. The number of ketones is 4. The number of aliphatic imine (C=N–C) groups is 2. The van der Waals surface area contributed by atoms with E-state index in [2.05, 4.69) is 4.99 Å². The Morgan fingerprint density at radius 1 is 0.543 bits per heavy atom. The molecule has 5 aromatic rings. The van der Waals surface area contributed by atoms with Crippen LogP contribution in [0.25, 0.3) is 24.9 Å². The Morgan fingerprint density at radius 3 is 1.41 bits per heavy atom. The maximum absolute atomic E-state index is 15.2. The molecule has 0 aliphatic heterocycles. The first-order chi connectivity index (χ1) is 33.8. The molecule has 10 nitrogen and oxygen atoms in total. The maximum atomic E-state index is 15.2. The molecule has 0 bridgehead atoms. The van der Waals surface area contributed by atoms with Crippen LogP contribution in [0.2, 0.25) is 0 Å². The van der Waals surface area contributed by atoms with Crippen molar-refractivity contribution in [2.24, 2.45) is 57.3 Å². The third-order valence-corrected chi connectivity index (χ3v) is 20.0. The topological polar surface area (TPSA) is 146 Å². The van der Waals surface area contributed by atoms with Crippen LogP contribution in [0.15, 0.2) is 82.4 Å². The minimum Gasteiger partial charge on any atom is -0.459 e. The van der Waals surface area contributed by atoms with Gasteiger partial charge in [-0.3, -0.25) is 28.8 Å². The molecule has 6 saturated carbocycles. The summed E-state index contributed by atoms with van der Waals surface area (Å²) >= 11 is 3.72. The van der Waals surface area contributed by atoms with Gasteiger partial charge < -0.3 is 9.47 Å². The fourth-order valence-electron chi connectivity index (χ4n) is 12.7. The number of alkyl halides is 4. The molecule has 12 rings (SSSR count). The van der Waals surface area contributed by atoms with Gasteiger partial charge in [0.05, 0.1) is 19.8 Å². The number of hydrogen-bond donors (Lipinski definition) is 0. The van der Waals surface area contributed by atoms with Gasteiger partial charge in [-0.05, 0) is 98.3 Å². The second-order valence-electron chi connectivity index (χ2n) is 20.1. The second kappa shape index (κ2) is 17.4. The third kappa shape index (κ3) is 7.25. The highest BCUT2D eigenvalue weighted by atomic mass is 32.1. The summed E-state index contributed by atoms with van der Waals surface area (Å²) in [5, 5.41) is 0.388. The SMILES string of the molecule is O=C1C(=NC2=Cc3sc4c(sc5cc(N=C6C(=O)C7CC8CC(F)C(F)CC8CC7C6=O)sc54)c3C2(C(=O)OCc2ccccc2)C(=O)OCc2ccccc2)C(=O)C2CC3CC(F)C(F)CC3CC12. The van der Waals surface area contributed by atoms with Crippen molar-refractivity contribution in [3.8, 4) is 0 Å². The van der Waals surface area contributed by atoms with Crippen molar-refractivity contribution in [3.05, 3.63) is 94.0 Å². The molecule has 0 amide bonds. The predicted octanol–water partition coefficient (Wildman–Crippen LogP) is 10.5. The summed E-state index contributed by atoms with van der Waals surface area (Å²) in [4.78, 5) is 96.5. The van der Waals surface area contributed by atoms with Crippen molar-refractivity contribution in [3.63, 3.8) is 0 Å². The lowest BCUT2D eigenvalue weighted by Crippen LogP contribution is -2.46. The summed E-state index contributed by atoms with van der Waals surface area (Å²) in [5.41, 5.74) is -1.80. The van der Waals surface area contributed by atoms with E-state index in [9.17, 15) is 36.7 Å². The van der Waals surface area contributed by atoms with Gasteiger partial charge in [0.25, 0.3) is 0 Å². The number of fused-ring (bicyclic) bond motifs is 9. The number of benzene rings is 2. The lowest BCUT2D eigenvalue weighted by molar-refractivity contribution is -0.164. The minimum atomic E-state index is -2.44. The standard InChI is InChI=1S/C53H44F4N2O8S3/c54-33-15-25-11-29-30(12-26(25)16-34(33)55)45(61)42(44(29)60)58-39-19-37-41(53(39,51(64)66-21-23-7-3-1-4-8-23)52(65)67-22-24-9-5-2-6-10-24)49-50(68-37)48-38(69-49)20-40(70-48)59-43-46(62)31-13-27-17-35(56)36(57)18-28(27)14-32(31)47(43)63/h1-10,19-20,25-36H,11-18,21-22H2. The lowest BCUT2D eigenvalue weighted by Gasteiger charge is -2.42. The Hall–Kier alpha value is -5.52. The molecule has 0 N–H and O–H groups in total. The maximum Gasteiger partial charge on any atom is 0.334 e. The summed E-state index contributed by atoms with van der Waals surface area (Å²) in [6.45, 7) is -0.488. The van der Waals surface area contributed by atoms with Gasteiger partial charge in [0.2, 0.25) is 5.41 Å². The van der Waals surface area contributed by atoms with Crippen LogP contribution >= 0.6 is 34.0 Å². The highest BCUT2D eigenvalue weighted by Crippen LogP contribution is 2.58. The molecule has 0 saturated heterocycles. The van der Waals surface area contributed by atoms with Gasteiger partial charge in [-0.2, -0.15) is 0 Å². The van der Waals surface area contributed by atoms with Gasteiger partial charge in [-0.15, -0.1) is 34.0 Å². The highest BCUT2D eigenvalue weighted by molar-refractivity contribution is 7.40. The Morgan fingerprint density at radius 2 is 0.971 bits per heavy atom. The first kappa shape index (κ1) is 45.6. The monoisotopic (exact) mass is 1010 g/mol. The van der Waals surface area contributed by atoms with Gasteiger partial charge in [0, 0.05) is 38.8 Å². The molecule has 6 fully saturated rings. The number of carbonyl (C=O) groups excluding carboxylic acids is 6. The number of Topliss-reactive ketones (excluding diaryl/α,β-unsaturated/α-hetero) is 4. The molecule has 7 aliphatic rings. The lowest BCUT2D eigenvalue weighted by atomic mass is 9.63. The van der Waals surface area contributed by atoms with Crippen LogP contribution in [0.5, 0.6) is 0 Å². The molecular formula is C53H44F4N2O8S3. The van der Waals surface area contributed by atoms with E-state index in [1.165, 1.54) is 40.1 Å². The summed E-state index contributed by atoms with van der Waals surface area (Å²) in [5.74, 6) is -7.75. The number of hydrogen-bond acceptors (Lipinski definition) is 13. The molecule has 3 aromatic heterocycles. The van der Waals surface area contributed by atoms with Gasteiger partial charge in [-0.25, -0.2) is 27.5 Å². The Labute approximate surface area is 410 Å². The van der Waals surface area contributed by atoms with Crippen LogP contribution in [0, 0.1) is 47.3 Å². The quantitative estimate of drug-likeness (QED) is 0.0848. The summed E-state index contributed by atoms with van der Waals surface area (Å²) < 4.78 is 72.6. The van der Waals surface area contributed by atoms with E-state index in [1.54, 1.807) is 66.7 Å². The van der Waals surface area contributed by atoms with E-state index in [0.29, 0.717) is 52.6 Å². The van der Waals surface area contributed by atoms with Crippen LogP contribution in [0.3, 0.4) is 0 Å². The zero-order valence-corrected chi connectivity index (χ0v) is 39.8. The van der Waals surface area contributed by atoms with Crippen molar-refractivity contribution >= 4 is 110 Å². The van der Waals surface area contributed by atoms with E-state index < -0.39 is 83.0 Å². The summed E-state index contributed by atoms with van der Waals surface area (Å²) in [7, 11) is 0. The van der Waals surface area contributed by atoms with Crippen LogP contribution in [-0.2, 0) is 56.9 Å². The van der Waals surface area contributed by atoms with Crippen molar-refractivity contribution in [1.82, 2.24) is 0 Å². The van der Waals surface area contributed by atoms with E-state index in [-0.39, 0.29) is 104 Å². The molecule has 7 aliphatic carbocycles. The average molecular weight is 1010 g/mol. The Bertz CT molecular complexity index is 3010. The molecule has 2 aromatic carbocycles. The molecule has 0 radical (unpaired) electrons. The first-order valence-electron chi connectivity index (χ1n) is 23.8. The fraction of sp³-hybridized carbons (Fsp3) is 0.434. The highest BCUT2D eigenvalue weighted by Gasteiger charge is 2.62. The van der Waals surface area contributed by atoms with E-state index in [4.69, 9.17) is 14.5 Å². The van der Waals surface area contributed by atoms with Crippen molar-refractivity contribution in [2.45, 2.75) is 94.7 Å². The average Bonchev–Trinajstić information content (AvgIpc) is 4.17. The smallest absolute Gasteiger partial charge is 0.334 e. The minimum absolute atomic E-state index is 0.0366. The van der Waals surface area contributed by atoms with Crippen molar-refractivity contribution in [2.75, 3.05) is 0 Å². The van der Waals surface area contributed by atoms with Gasteiger partial charge >= 0.3 is 11.9 Å². The first-order valence-corrected chi connectivity index (χ1v) is 26.3. The summed E-state index contributed by atoms with van der Waals surface area (Å²) in [6, 6.07) is 19.4. The number of ether oxygens (including phenoxy) is 2. The predicted molar refractivity (Wildman–Crippen MR) is 256 cm³/mol. The van der Waals surface area contributed by atoms with Gasteiger partial charge in [-0.1, -0.05) is 60.7 Å². The Kier molecular flexibility index (Phi) is 11.3. The van der Waals surface area contributed by atoms with Gasteiger partial charge in [0.1, 0.15) is 48.6 Å². The molecule has 12 unspecified atom stereocenters. The second-order valence-corrected chi connectivity index (χ2v) is 23.2. The number of carbonyl (C=O) groups is 6. The van der Waals surface area contributed by atoms with Crippen LogP contribution in [0.1, 0.15) is 72.9 Å². The molecule has 360 valence electrons. The number of esters is 2. The fourth-order valence-corrected chi connectivity index (χ4v) is 16.9. The zero-order valence-electron chi connectivity index (χ0n) is 37.3. The number of nitrogens with zero attached hydrogens (tertiary/aromatic N) is 2. The molecule has 0 spiro atoms. The summed E-state index contributed by atoms with van der Waals surface area (Å²) in [6.07, 6.45) is -3.88. The van der Waals surface area contributed by atoms with Crippen LogP contribution in [0.4, 0.5) is 22.6 Å². The zero-order chi connectivity index (χ0) is 48.3. The van der Waals surface area contributed by atoms with Crippen LogP contribution < -0.4 is 0 Å². The molecule has 70 heavy (non-hydrogen) atoms. The van der Waals surface area contributed by atoms with Crippen LogP contribution in [-0.4, -0.2) is 71.2 Å². The molecular weight excluding hydrogens is 965 g/mol. The molecule has 12 atom stereocenters. The van der Waals surface area contributed by atoms with Crippen molar-refractivity contribution in [1.29, 1.82) is 0 Å². The number of thiophene rings is 3. The van der Waals surface area contributed by atoms with E-state index in [0.717, 1.165) is 0 Å². The third-order valence-electron chi connectivity index (χ3n) is 16.2. The Balaban J connectivity index is 0.944. The van der Waals surface area contributed by atoms with E-state index >= 15 is 9.59 Å². The molecule has 17 heteroatoms. The van der Waals surface area contributed by atoms with E-state index in [1.807, 2.05) is 0 Å². The van der Waals surface area contributed by atoms with Crippen molar-refractivity contribution < 1.29 is 55.8 Å². The molecule has 3 heterocycles.